The largest absolute Gasteiger partial charge is 0.477 e. The standard InChI is InChI=1S/C30H44N2O4S/c1-20-5-7-21(8-6-20)28(33)32(22-9-11-23(12-10-22)36-24-14-17-31-18-15-24)26-19-25(13-16-30(2,3)4)37-27(26)29(34)35/h19-24,31H,5-12,14-15,17-18H2,1-4H3,(H,34,35). The van der Waals surface area contributed by atoms with Crippen molar-refractivity contribution in [3.8, 4) is 11.8 Å². The first-order valence-electron chi connectivity index (χ1n) is 14.2. The molecule has 0 bridgehead atoms. The van der Waals surface area contributed by atoms with Crippen molar-refractivity contribution >= 4 is 28.9 Å². The van der Waals surface area contributed by atoms with Crippen LogP contribution in [0.25, 0.3) is 0 Å². The van der Waals surface area contributed by atoms with E-state index < -0.39 is 5.97 Å². The van der Waals surface area contributed by atoms with E-state index in [9.17, 15) is 14.7 Å². The van der Waals surface area contributed by atoms with Gasteiger partial charge in [-0.15, -0.1) is 11.3 Å². The molecule has 1 aliphatic heterocycles. The molecule has 0 spiro atoms. The van der Waals surface area contributed by atoms with E-state index in [2.05, 4.69) is 24.1 Å². The molecular formula is C30H44N2O4S. The fourth-order valence-corrected chi connectivity index (χ4v) is 6.71. The van der Waals surface area contributed by atoms with Crippen molar-refractivity contribution in [3.63, 3.8) is 0 Å². The summed E-state index contributed by atoms with van der Waals surface area (Å²) in [5.41, 5.74) is 0.358. The van der Waals surface area contributed by atoms with Gasteiger partial charge in [0.2, 0.25) is 5.91 Å². The highest BCUT2D eigenvalue weighted by molar-refractivity contribution is 7.15. The summed E-state index contributed by atoms with van der Waals surface area (Å²) in [6, 6.07) is 1.85. The van der Waals surface area contributed by atoms with E-state index in [1.807, 2.05) is 31.7 Å². The first-order valence-corrected chi connectivity index (χ1v) is 15.0. The van der Waals surface area contributed by atoms with Crippen molar-refractivity contribution in [2.75, 3.05) is 18.0 Å². The number of hydrogen-bond acceptors (Lipinski definition) is 5. The Morgan fingerprint density at radius 2 is 1.62 bits per heavy atom. The third-order valence-electron chi connectivity index (χ3n) is 8.01. The first kappa shape index (κ1) is 28.1. The van der Waals surface area contributed by atoms with Crippen molar-refractivity contribution in [1.29, 1.82) is 0 Å². The third kappa shape index (κ3) is 7.59. The Morgan fingerprint density at radius 3 is 2.22 bits per heavy atom. The number of carbonyl (C=O) groups is 2. The van der Waals surface area contributed by atoms with Crippen LogP contribution in [0.4, 0.5) is 5.69 Å². The summed E-state index contributed by atoms with van der Waals surface area (Å²) < 4.78 is 6.43. The number of anilines is 1. The first-order chi connectivity index (χ1) is 17.6. The SMILES string of the molecule is CC1CCC(C(=O)N(c2cc(C#CC(C)(C)C)sc2C(=O)O)C2CCC(OC3CCNCC3)CC2)CC1. The monoisotopic (exact) mass is 528 g/mol. The number of nitrogens with one attached hydrogen (secondary N) is 1. The lowest BCUT2D eigenvalue weighted by molar-refractivity contribution is -0.124. The zero-order valence-electron chi connectivity index (χ0n) is 23.0. The molecule has 3 aliphatic rings. The van der Waals surface area contributed by atoms with E-state index >= 15 is 0 Å². The molecule has 0 aromatic carbocycles. The molecule has 0 atom stereocenters. The Labute approximate surface area is 226 Å². The summed E-state index contributed by atoms with van der Waals surface area (Å²) in [6.07, 6.45) is 10.0. The van der Waals surface area contributed by atoms with Gasteiger partial charge in [0.15, 0.2) is 0 Å². The molecule has 2 heterocycles. The number of ether oxygens (including phenoxy) is 1. The van der Waals surface area contributed by atoms with Crippen LogP contribution in [-0.4, -0.2) is 48.3 Å². The van der Waals surface area contributed by atoms with Crippen LogP contribution < -0.4 is 10.2 Å². The molecule has 0 radical (unpaired) electrons. The van der Waals surface area contributed by atoms with Crippen LogP contribution >= 0.6 is 11.3 Å². The second-order valence-electron chi connectivity index (χ2n) is 12.3. The number of rotatable bonds is 6. The van der Waals surface area contributed by atoms with E-state index in [0.29, 0.717) is 22.6 Å². The smallest absolute Gasteiger partial charge is 0.348 e. The fraction of sp³-hybridized carbons (Fsp3) is 0.733. The molecule has 6 nitrogen and oxygen atoms in total. The molecule has 1 aromatic heterocycles. The second kappa shape index (κ2) is 12.3. The number of carboxylic acids is 1. The van der Waals surface area contributed by atoms with E-state index in [4.69, 9.17) is 4.74 Å². The number of thiophene rings is 1. The lowest BCUT2D eigenvalue weighted by atomic mass is 9.81. The minimum Gasteiger partial charge on any atom is -0.477 e. The number of nitrogens with zero attached hydrogens (tertiary/aromatic N) is 1. The summed E-state index contributed by atoms with van der Waals surface area (Å²) >= 11 is 1.19. The van der Waals surface area contributed by atoms with E-state index in [1.165, 1.54) is 11.3 Å². The average Bonchev–Trinajstić information content (AvgIpc) is 3.29. The van der Waals surface area contributed by atoms with Crippen LogP contribution in [0, 0.1) is 29.1 Å². The molecule has 2 aliphatic carbocycles. The van der Waals surface area contributed by atoms with Crippen molar-refractivity contribution in [1.82, 2.24) is 5.32 Å². The van der Waals surface area contributed by atoms with Crippen molar-refractivity contribution in [2.45, 2.75) is 110 Å². The minimum atomic E-state index is -0.984. The lowest BCUT2D eigenvalue weighted by Crippen LogP contribution is -2.47. The summed E-state index contributed by atoms with van der Waals surface area (Å²) in [7, 11) is 0. The molecule has 1 saturated heterocycles. The van der Waals surface area contributed by atoms with Gasteiger partial charge in [-0.25, -0.2) is 4.79 Å². The number of carboxylic acid groups (broad SMARTS) is 1. The lowest BCUT2D eigenvalue weighted by Gasteiger charge is -2.40. The highest BCUT2D eigenvalue weighted by Crippen LogP contribution is 2.39. The van der Waals surface area contributed by atoms with Gasteiger partial charge in [-0.05, 0) is 110 Å². The van der Waals surface area contributed by atoms with Gasteiger partial charge in [-0.3, -0.25) is 4.79 Å². The summed E-state index contributed by atoms with van der Waals surface area (Å²) in [5, 5.41) is 13.5. The minimum absolute atomic E-state index is 0.00384. The number of carbonyl (C=O) groups excluding carboxylic acids is 1. The molecule has 7 heteroatoms. The Balaban J connectivity index is 1.58. The predicted octanol–water partition coefficient (Wildman–Crippen LogP) is 6.08. The topological polar surface area (TPSA) is 78.9 Å². The molecule has 1 amide bonds. The van der Waals surface area contributed by atoms with Gasteiger partial charge < -0.3 is 20.1 Å². The Hall–Kier alpha value is -1.88. The molecule has 4 rings (SSSR count). The molecule has 2 N–H and O–H groups in total. The molecule has 204 valence electrons. The molecule has 1 aromatic rings. The zero-order chi connectivity index (χ0) is 26.6. The number of piperidine rings is 1. The molecular weight excluding hydrogens is 484 g/mol. The summed E-state index contributed by atoms with van der Waals surface area (Å²) in [4.78, 5) is 29.2. The summed E-state index contributed by atoms with van der Waals surface area (Å²) in [5.74, 6) is 6.13. The molecule has 0 unspecified atom stereocenters. The predicted molar refractivity (Wildman–Crippen MR) is 149 cm³/mol. The van der Waals surface area contributed by atoms with Crippen LogP contribution in [-0.2, 0) is 9.53 Å². The molecule has 3 fully saturated rings. The van der Waals surface area contributed by atoms with E-state index in [-0.39, 0.29) is 34.3 Å². The zero-order valence-corrected chi connectivity index (χ0v) is 23.8. The highest BCUT2D eigenvalue weighted by Gasteiger charge is 2.38. The second-order valence-corrected chi connectivity index (χ2v) is 13.4. The maximum Gasteiger partial charge on any atom is 0.348 e. The van der Waals surface area contributed by atoms with Gasteiger partial charge in [0.25, 0.3) is 0 Å². The maximum atomic E-state index is 14.1. The van der Waals surface area contributed by atoms with Gasteiger partial charge >= 0.3 is 5.97 Å². The van der Waals surface area contributed by atoms with Crippen LogP contribution in [0.1, 0.15) is 106 Å². The Morgan fingerprint density at radius 1 is 1.00 bits per heavy atom. The van der Waals surface area contributed by atoms with Gasteiger partial charge in [0, 0.05) is 17.4 Å². The van der Waals surface area contributed by atoms with Gasteiger partial charge in [-0.1, -0.05) is 18.8 Å². The van der Waals surface area contributed by atoms with Gasteiger partial charge in [0.1, 0.15) is 4.88 Å². The summed E-state index contributed by atoms with van der Waals surface area (Å²) in [6.45, 7) is 10.4. The molecule has 2 saturated carbocycles. The van der Waals surface area contributed by atoms with Crippen molar-refractivity contribution in [3.05, 3.63) is 15.8 Å². The quantitative estimate of drug-likeness (QED) is 0.437. The van der Waals surface area contributed by atoms with E-state index in [0.717, 1.165) is 77.3 Å². The Kier molecular flexibility index (Phi) is 9.37. The van der Waals surface area contributed by atoms with Crippen LogP contribution in [0.3, 0.4) is 0 Å². The third-order valence-corrected chi connectivity index (χ3v) is 9.04. The van der Waals surface area contributed by atoms with Gasteiger partial charge in [0.05, 0.1) is 22.8 Å². The van der Waals surface area contributed by atoms with Crippen molar-refractivity contribution < 1.29 is 19.4 Å². The van der Waals surface area contributed by atoms with Crippen molar-refractivity contribution in [2.24, 2.45) is 17.3 Å². The fourth-order valence-electron chi connectivity index (χ4n) is 5.87. The average molecular weight is 529 g/mol. The van der Waals surface area contributed by atoms with Crippen LogP contribution in [0.5, 0.6) is 0 Å². The number of amides is 1. The van der Waals surface area contributed by atoms with Crippen LogP contribution in [0.2, 0.25) is 0 Å². The van der Waals surface area contributed by atoms with E-state index in [1.54, 1.807) is 0 Å². The number of hydrogen-bond donors (Lipinski definition) is 2. The highest BCUT2D eigenvalue weighted by atomic mass is 32.1. The molecule has 37 heavy (non-hydrogen) atoms. The maximum absolute atomic E-state index is 14.1. The number of aromatic carboxylic acids is 1. The Bertz CT molecular complexity index is 995. The normalized spacial score (nSPS) is 27.2. The van der Waals surface area contributed by atoms with Crippen LogP contribution in [0.15, 0.2) is 6.07 Å². The van der Waals surface area contributed by atoms with Gasteiger partial charge in [-0.2, -0.15) is 0 Å².